The van der Waals surface area contributed by atoms with Crippen molar-refractivity contribution in [2.75, 3.05) is 11.7 Å². The summed E-state index contributed by atoms with van der Waals surface area (Å²) in [7, 11) is 0. The molecule has 0 unspecified atom stereocenters. The second-order valence-electron chi connectivity index (χ2n) is 8.05. The van der Waals surface area contributed by atoms with Crippen LogP contribution in [0, 0.1) is 13.8 Å². The number of aryl methyl sites for hydroxylation is 2. The second kappa shape index (κ2) is 7.12. The zero-order valence-corrected chi connectivity index (χ0v) is 17.8. The maximum Gasteiger partial charge on any atom is 0.263 e. The van der Waals surface area contributed by atoms with Gasteiger partial charge in [0.1, 0.15) is 6.54 Å². The van der Waals surface area contributed by atoms with Crippen LogP contribution in [0.4, 0.5) is 5.69 Å². The highest BCUT2D eigenvalue weighted by molar-refractivity contribution is 6.25. The standard InChI is InChI=1S/C22H18N6O5/c1-11-3-5-14(7-12(11)2)28-21(29)18-19(22(28)30)27(26-24-18)9-17-23-20(25-33-17)13-4-6-15-16(8-13)32-10-31-15/h3-8,18-19H,9-10H2,1-2H3/t18-,19+/m1/s1. The Balaban J connectivity index is 1.22. The fourth-order valence-electron chi connectivity index (χ4n) is 4.08. The van der Waals surface area contributed by atoms with Crippen LogP contribution in [0.3, 0.4) is 0 Å². The van der Waals surface area contributed by atoms with E-state index in [0.717, 1.165) is 11.1 Å². The lowest BCUT2D eigenvalue weighted by atomic mass is 10.1. The van der Waals surface area contributed by atoms with Gasteiger partial charge in [-0.1, -0.05) is 16.4 Å². The first-order chi connectivity index (χ1) is 16.0. The van der Waals surface area contributed by atoms with E-state index in [2.05, 4.69) is 20.5 Å². The number of carbonyl (C=O) groups excluding carboxylic acids is 2. The molecule has 3 aliphatic heterocycles. The molecule has 6 rings (SSSR count). The van der Waals surface area contributed by atoms with Crippen molar-refractivity contribution in [3.63, 3.8) is 0 Å². The van der Waals surface area contributed by atoms with Gasteiger partial charge in [-0.05, 0) is 55.3 Å². The molecule has 0 N–H and O–H groups in total. The lowest BCUT2D eigenvalue weighted by molar-refractivity contribution is -0.123. The number of carbonyl (C=O) groups is 2. The van der Waals surface area contributed by atoms with Crippen LogP contribution in [0.25, 0.3) is 11.4 Å². The highest BCUT2D eigenvalue weighted by Crippen LogP contribution is 2.36. The van der Waals surface area contributed by atoms with E-state index >= 15 is 0 Å². The summed E-state index contributed by atoms with van der Waals surface area (Å²) >= 11 is 0. The molecule has 2 aromatic carbocycles. The van der Waals surface area contributed by atoms with Crippen LogP contribution in [0.1, 0.15) is 17.0 Å². The van der Waals surface area contributed by atoms with Gasteiger partial charge in [0.05, 0.1) is 5.69 Å². The Morgan fingerprint density at radius 3 is 2.70 bits per heavy atom. The number of rotatable bonds is 4. The summed E-state index contributed by atoms with van der Waals surface area (Å²) in [5, 5.41) is 13.5. The van der Waals surface area contributed by atoms with E-state index in [4.69, 9.17) is 14.0 Å². The van der Waals surface area contributed by atoms with Crippen molar-refractivity contribution in [1.29, 1.82) is 0 Å². The van der Waals surface area contributed by atoms with Gasteiger partial charge in [0.25, 0.3) is 11.8 Å². The third-order valence-electron chi connectivity index (χ3n) is 6.00. The number of nitrogens with zero attached hydrogens (tertiary/aromatic N) is 6. The molecule has 166 valence electrons. The number of imide groups is 1. The third-order valence-corrected chi connectivity index (χ3v) is 6.00. The van der Waals surface area contributed by atoms with Gasteiger partial charge < -0.3 is 14.0 Å². The van der Waals surface area contributed by atoms with Crippen LogP contribution >= 0.6 is 0 Å². The van der Waals surface area contributed by atoms with Gasteiger partial charge in [0, 0.05) is 5.56 Å². The molecule has 33 heavy (non-hydrogen) atoms. The summed E-state index contributed by atoms with van der Waals surface area (Å²) in [6.07, 6.45) is 0. The molecule has 1 aromatic heterocycles. The summed E-state index contributed by atoms with van der Waals surface area (Å²) in [5.41, 5.74) is 3.29. The van der Waals surface area contributed by atoms with Gasteiger partial charge in [0.2, 0.25) is 18.5 Å². The number of aromatic nitrogens is 2. The van der Waals surface area contributed by atoms with Crippen molar-refractivity contribution in [2.24, 2.45) is 10.3 Å². The Morgan fingerprint density at radius 2 is 1.85 bits per heavy atom. The topological polar surface area (TPSA) is 123 Å². The molecule has 0 spiro atoms. The van der Waals surface area contributed by atoms with Gasteiger partial charge in [0.15, 0.2) is 23.6 Å². The molecule has 11 nitrogen and oxygen atoms in total. The molecule has 11 heteroatoms. The van der Waals surface area contributed by atoms with Crippen molar-refractivity contribution >= 4 is 17.5 Å². The highest BCUT2D eigenvalue weighted by atomic mass is 16.7. The van der Waals surface area contributed by atoms with Crippen molar-refractivity contribution in [1.82, 2.24) is 15.1 Å². The molecule has 1 saturated heterocycles. The smallest absolute Gasteiger partial charge is 0.263 e. The van der Waals surface area contributed by atoms with E-state index in [-0.39, 0.29) is 25.1 Å². The van der Waals surface area contributed by atoms with Gasteiger partial charge in [-0.3, -0.25) is 14.6 Å². The van der Waals surface area contributed by atoms with Crippen LogP contribution in [-0.2, 0) is 16.1 Å². The summed E-state index contributed by atoms with van der Waals surface area (Å²) in [6, 6.07) is 9.07. The average molecular weight is 446 g/mol. The van der Waals surface area contributed by atoms with Crippen molar-refractivity contribution in [3.8, 4) is 22.9 Å². The minimum atomic E-state index is -0.893. The number of ether oxygens (including phenoxy) is 2. The Bertz CT molecular complexity index is 1330. The molecule has 0 aliphatic carbocycles. The van der Waals surface area contributed by atoms with Crippen molar-refractivity contribution < 1.29 is 23.6 Å². The average Bonchev–Trinajstić information content (AvgIpc) is 3.57. The molecule has 3 aliphatic rings. The Kier molecular flexibility index (Phi) is 4.19. The first-order valence-corrected chi connectivity index (χ1v) is 10.3. The highest BCUT2D eigenvalue weighted by Gasteiger charge is 2.55. The second-order valence-corrected chi connectivity index (χ2v) is 8.05. The van der Waals surface area contributed by atoms with Gasteiger partial charge >= 0.3 is 0 Å². The van der Waals surface area contributed by atoms with E-state index < -0.39 is 18.0 Å². The van der Waals surface area contributed by atoms with Gasteiger partial charge in [-0.25, -0.2) is 4.90 Å². The normalized spacial score (nSPS) is 20.8. The number of benzene rings is 2. The summed E-state index contributed by atoms with van der Waals surface area (Å²) in [5.74, 6) is 1.09. The molecule has 0 radical (unpaired) electrons. The number of hydrogen-bond acceptors (Lipinski definition) is 10. The maximum absolute atomic E-state index is 13.2. The summed E-state index contributed by atoms with van der Waals surface area (Å²) < 4.78 is 16.1. The number of amides is 2. The van der Waals surface area contributed by atoms with E-state index in [1.807, 2.05) is 26.0 Å². The van der Waals surface area contributed by atoms with Crippen LogP contribution in [0.5, 0.6) is 11.5 Å². The lowest BCUT2D eigenvalue weighted by Gasteiger charge is -2.19. The van der Waals surface area contributed by atoms with Gasteiger partial charge in [-0.15, -0.1) is 0 Å². The van der Waals surface area contributed by atoms with Crippen molar-refractivity contribution in [2.45, 2.75) is 32.5 Å². The fraction of sp³-hybridized carbons (Fsp3) is 0.273. The first-order valence-electron chi connectivity index (χ1n) is 10.3. The van der Waals surface area contributed by atoms with E-state index in [1.54, 1.807) is 24.3 Å². The largest absolute Gasteiger partial charge is 0.454 e. The molecule has 0 bridgehead atoms. The van der Waals surface area contributed by atoms with Crippen LogP contribution in [0.2, 0.25) is 0 Å². The summed E-state index contributed by atoms with van der Waals surface area (Å²) in [6.45, 7) is 4.12. The molecule has 2 atom stereocenters. The molecule has 3 aromatic rings. The minimum Gasteiger partial charge on any atom is -0.454 e. The first kappa shape index (κ1) is 19.4. The number of hydrogen-bond donors (Lipinski definition) is 0. The van der Waals surface area contributed by atoms with Crippen molar-refractivity contribution in [3.05, 3.63) is 53.4 Å². The van der Waals surface area contributed by atoms with E-state index in [9.17, 15) is 9.59 Å². The monoisotopic (exact) mass is 446 g/mol. The van der Waals surface area contributed by atoms with Crippen LogP contribution in [-0.4, -0.2) is 45.8 Å². The maximum atomic E-state index is 13.2. The predicted molar refractivity (Wildman–Crippen MR) is 112 cm³/mol. The predicted octanol–water partition coefficient (Wildman–Crippen LogP) is 2.58. The molecule has 2 amide bonds. The summed E-state index contributed by atoms with van der Waals surface area (Å²) in [4.78, 5) is 31.7. The minimum absolute atomic E-state index is 0.0437. The Hall–Kier alpha value is -4.28. The van der Waals surface area contributed by atoms with Gasteiger partial charge in [-0.2, -0.15) is 10.1 Å². The molecule has 1 fully saturated rings. The quantitative estimate of drug-likeness (QED) is 0.561. The zero-order valence-electron chi connectivity index (χ0n) is 17.8. The Morgan fingerprint density at radius 1 is 1.00 bits per heavy atom. The fourth-order valence-corrected chi connectivity index (χ4v) is 4.08. The molecular formula is C22H18N6O5. The third kappa shape index (κ3) is 3.04. The van der Waals surface area contributed by atoms with E-state index in [0.29, 0.717) is 28.6 Å². The zero-order chi connectivity index (χ0) is 22.7. The molecular weight excluding hydrogens is 428 g/mol. The van der Waals surface area contributed by atoms with Crippen LogP contribution < -0.4 is 14.4 Å². The SMILES string of the molecule is Cc1ccc(N2C(=O)[C@@H]3[C@@H](N=NN3Cc3nc(-c4ccc5c(c4)OCO5)no3)C2=O)cc1C. The van der Waals surface area contributed by atoms with Crippen LogP contribution in [0.15, 0.2) is 51.3 Å². The lowest BCUT2D eigenvalue weighted by Crippen LogP contribution is -2.39. The number of anilines is 1. The Labute approximate surface area is 187 Å². The van der Waals surface area contributed by atoms with E-state index in [1.165, 1.54) is 9.91 Å². The molecule has 4 heterocycles. The number of fused-ring (bicyclic) bond motifs is 2. The molecule has 0 saturated carbocycles.